The second-order valence-corrected chi connectivity index (χ2v) is 7.72. The molecule has 0 saturated heterocycles. The third-order valence-electron chi connectivity index (χ3n) is 3.49. The van der Waals surface area contributed by atoms with Gasteiger partial charge in [0.15, 0.2) is 0 Å². The topological polar surface area (TPSA) is 29.3 Å². The molecule has 0 aromatic carbocycles. The maximum absolute atomic E-state index is 6.42. The van der Waals surface area contributed by atoms with Crippen molar-refractivity contribution < 1.29 is 0 Å². The number of nitrogens with zero attached hydrogens (tertiary/aromatic N) is 1. The van der Waals surface area contributed by atoms with Crippen LogP contribution in [0.1, 0.15) is 36.1 Å². The van der Waals surface area contributed by atoms with E-state index in [1.807, 2.05) is 11.3 Å². The van der Waals surface area contributed by atoms with Gasteiger partial charge in [-0.3, -0.25) is 4.90 Å². The first-order valence-corrected chi connectivity index (χ1v) is 9.46. The highest BCUT2D eigenvalue weighted by Crippen LogP contribution is 2.33. The highest BCUT2D eigenvalue weighted by molar-refractivity contribution is 9.10. The average Bonchev–Trinajstić information content (AvgIpc) is 3.09. The van der Waals surface area contributed by atoms with E-state index in [4.69, 9.17) is 5.73 Å². The van der Waals surface area contributed by atoms with Gasteiger partial charge < -0.3 is 5.73 Å². The zero-order valence-corrected chi connectivity index (χ0v) is 15.1. The Morgan fingerprint density at radius 1 is 1.35 bits per heavy atom. The lowest BCUT2D eigenvalue weighted by atomic mass is 10.0. The summed E-state index contributed by atoms with van der Waals surface area (Å²) in [5.41, 5.74) is 6.42. The van der Waals surface area contributed by atoms with Gasteiger partial charge in [-0.05, 0) is 46.4 Å². The molecule has 0 amide bonds. The molecule has 0 saturated carbocycles. The fourth-order valence-corrected chi connectivity index (χ4v) is 4.76. The van der Waals surface area contributed by atoms with Gasteiger partial charge in [0.25, 0.3) is 0 Å². The number of hydrogen-bond acceptors (Lipinski definition) is 4. The summed E-state index contributed by atoms with van der Waals surface area (Å²) in [7, 11) is 0. The van der Waals surface area contributed by atoms with E-state index in [-0.39, 0.29) is 6.04 Å². The van der Waals surface area contributed by atoms with Crippen molar-refractivity contribution in [3.8, 4) is 0 Å². The molecule has 20 heavy (non-hydrogen) atoms. The smallest absolute Gasteiger partial charge is 0.0596 e. The summed E-state index contributed by atoms with van der Waals surface area (Å²) in [6.45, 7) is 6.36. The maximum Gasteiger partial charge on any atom is 0.0596 e. The lowest BCUT2D eigenvalue weighted by Crippen LogP contribution is -2.40. The fourth-order valence-electron chi connectivity index (χ4n) is 2.38. The van der Waals surface area contributed by atoms with Gasteiger partial charge in [-0.25, -0.2) is 0 Å². The van der Waals surface area contributed by atoms with Crippen molar-refractivity contribution in [2.45, 2.75) is 38.9 Å². The van der Waals surface area contributed by atoms with Crippen molar-refractivity contribution in [1.82, 2.24) is 4.90 Å². The third kappa shape index (κ3) is 3.92. The molecule has 2 nitrogen and oxygen atoms in total. The predicted octanol–water partition coefficient (Wildman–Crippen LogP) is 4.87. The lowest BCUT2D eigenvalue weighted by molar-refractivity contribution is 0.174. The molecule has 2 aromatic rings. The van der Waals surface area contributed by atoms with Crippen LogP contribution in [0.4, 0.5) is 0 Å². The largest absolute Gasteiger partial charge is 0.326 e. The highest BCUT2D eigenvalue weighted by Gasteiger charge is 2.26. The SMILES string of the molecule is CCC(N)C(c1cc(Br)cs1)N(CC)Cc1cccs1. The Balaban J connectivity index is 2.23. The minimum absolute atomic E-state index is 0.167. The Morgan fingerprint density at radius 2 is 2.15 bits per heavy atom. The monoisotopic (exact) mass is 372 g/mol. The van der Waals surface area contributed by atoms with E-state index in [9.17, 15) is 0 Å². The fraction of sp³-hybridized carbons (Fsp3) is 0.467. The van der Waals surface area contributed by atoms with Gasteiger partial charge >= 0.3 is 0 Å². The molecular formula is C15H21BrN2S2. The number of rotatable bonds is 7. The summed E-state index contributed by atoms with van der Waals surface area (Å²) in [5.74, 6) is 0. The Kier molecular flexibility index (Phi) is 6.23. The summed E-state index contributed by atoms with van der Waals surface area (Å²) < 4.78 is 1.15. The first-order valence-electron chi connectivity index (χ1n) is 6.91. The van der Waals surface area contributed by atoms with Gasteiger partial charge in [-0.1, -0.05) is 19.9 Å². The summed E-state index contributed by atoms with van der Waals surface area (Å²) >= 11 is 7.16. The van der Waals surface area contributed by atoms with E-state index in [0.717, 1.165) is 24.0 Å². The van der Waals surface area contributed by atoms with Crippen LogP contribution in [0.15, 0.2) is 33.4 Å². The molecule has 0 aliphatic heterocycles. The van der Waals surface area contributed by atoms with Crippen molar-refractivity contribution in [3.05, 3.63) is 43.2 Å². The number of hydrogen-bond donors (Lipinski definition) is 1. The maximum atomic E-state index is 6.42. The van der Waals surface area contributed by atoms with Crippen LogP contribution in [0, 0.1) is 0 Å². The second-order valence-electron chi connectivity index (χ2n) is 4.83. The first kappa shape index (κ1) is 16.2. The van der Waals surface area contributed by atoms with E-state index < -0.39 is 0 Å². The quantitative estimate of drug-likeness (QED) is 0.750. The number of likely N-dealkylation sites (N-methyl/N-ethyl adjacent to an activating group) is 1. The van der Waals surface area contributed by atoms with Crippen LogP contribution >= 0.6 is 38.6 Å². The average molecular weight is 373 g/mol. The standard InChI is InChI=1S/C15H21BrN2S2/c1-3-13(17)15(14-8-11(16)10-20-14)18(4-2)9-12-6-5-7-19-12/h5-8,10,13,15H,3-4,9,17H2,1-2H3. The molecule has 2 heterocycles. The van der Waals surface area contributed by atoms with Crippen LogP contribution in [-0.2, 0) is 6.54 Å². The summed E-state index contributed by atoms with van der Waals surface area (Å²) in [6.07, 6.45) is 0.987. The minimum Gasteiger partial charge on any atom is -0.326 e. The van der Waals surface area contributed by atoms with E-state index in [2.05, 4.69) is 63.6 Å². The first-order chi connectivity index (χ1) is 9.65. The zero-order valence-electron chi connectivity index (χ0n) is 11.9. The normalized spacial score (nSPS) is 14.7. The molecule has 5 heteroatoms. The molecule has 0 fully saturated rings. The van der Waals surface area contributed by atoms with Gasteiger partial charge in [0.1, 0.15) is 0 Å². The van der Waals surface area contributed by atoms with Crippen molar-refractivity contribution in [3.63, 3.8) is 0 Å². The van der Waals surface area contributed by atoms with Crippen molar-refractivity contribution in [2.75, 3.05) is 6.54 Å². The second kappa shape index (κ2) is 7.71. The molecule has 0 spiro atoms. The summed E-state index contributed by atoms with van der Waals surface area (Å²) in [4.78, 5) is 5.23. The van der Waals surface area contributed by atoms with E-state index in [1.165, 1.54) is 9.75 Å². The van der Waals surface area contributed by atoms with Gasteiger partial charge in [0, 0.05) is 32.2 Å². The summed E-state index contributed by atoms with van der Waals surface area (Å²) in [6, 6.07) is 6.99. The van der Waals surface area contributed by atoms with Crippen molar-refractivity contribution in [1.29, 1.82) is 0 Å². The van der Waals surface area contributed by atoms with Crippen LogP contribution in [0.25, 0.3) is 0 Å². The lowest BCUT2D eigenvalue weighted by Gasteiger charge is -2.33. The van der Waals surface area contributed by atoms with Crippen LogP contribution in [0.2, 0.25) is 0 Å². The van der Waals surface area contributed by atoms with Gasteiger partial charge in [0.05, 0.1) is 6.04 Å². The molecule has 2 aromatic heterocycles. The molecule has 110 valence electrons. The molecular weight excluding hydrogens is 352 g/mol. The Bertz CT molecular complexity index is 510. The molecule has 2 unspecified atom stereocenters. The predicted molar refractivity (Wildman–Crippen MR) is 93.4 cm³/mol. The van der Waals surface area contributed by atoms with E-state index in [0.29, 0.717) is 6.04 Å². The van der Waals surface area contributed by atoms with Crippen LogP contribution in [0.5, 0.6) is 0 Å². The van der Waals surface area contributed by atoms with E-state index >= 15 is 0 Å². The zero-order chi connectivity index (χ0) is 14.5. The van der Waals surface area contributed by atoms with E-state index in [1.54, 1.807) is 11.3 Å². The number of thiophene rings is 2. The van der Waals surface area contributed by atoms with Crippen LogP contribution in [0.3, 0.4) is 0 Å². The number of nitrogens with two attached hydrogens (primary N) is 1. The molecule has 0 aliphatic rings. The van der Waals surface area contributed by atoms with Crippen molar-refractivity contribution >= 4 is 38.6 Å². The van der Waals surface area contributed by atoms with Crippen LogP contribution < -0.4 is 5.73 Å². The highest BCUT2D eigenvalue weighted by atomic mass is 79.9. The third-order valence-corrected chi connectivity index (χ3v) is 6.12. The molecule has 0 radical (unpaired) electrons. The molecule has 2 N–H and O–H groups in total. The van der Waals surface area contributed by atoms with Gasteiger partial charge in [-0.2, -0.15) is 0 Å². The Labute approximate surface area is 137 Å². The molecule has 2 atom stereocenters. The molecule has 0 bridgehead atoms. The van der Waals surface area contributed by atoms with Crippen LogP contribution in [-0.4, -0.2) is 17.5 Å². The minimum atomic E-state index is 0.167. The van der Waals surface area contributed by atoms with Gasteiger partial charge in [-0.15, -0.1) is 22.7 Å². The Morgan fingerprint density at radius 3 is 2.65 bits per heavy atom. The Hall–Kier alpha value is -0.200. The van der Waals surface area contributed by atoms with Crippen molar-refractivity contribution in [2.24, 2.45) is 5.73 Å². The number of halogens is 1. The molecule has 0 aliphatic carbocycles. The summed E-state index contributed by atoms with van der Waals surface area (Å²) in [5, 5.41) is 4.28. The molecule has 2 rings (SSSR count). The van der Waals surface area contributed by atoms with Gasteiger partial charge in [0.2, 0.25) is 0 Å².